The van der Waals surface area contributed by atoms with Gasteiger partial charge in [0, 0.05) is 12.8 Å². The van der Waals surface area contributed by atoms with E-state index >= 15 is 0 Å². The maximum atomic E-state index is 12.0. The molecule has 0 heterocycles. The topological polar surface area (TPSA) is 37.3 Å². The van der Waals surface area contributed by atoms with Crippen molar-refractivity contribution < 1.29 is 9.90 Å². The fourth-order valence-electron chi connectivity index (χ4n) is 3.12. The standard InChI is InChI=1S/C18H18O2/c19-17-8-6-14(7-9-17)16-10-15(11-18(20)12-16)13-4-2-1-3-5-13/h1-9,15-16,19H,10-12H2/t15-,16+/m1/s1. The summed E-state index contributed by atoms with van der Waals surface area (Å²) in [6.45, 7) is 0. The summed E-state index contributed by atoms with van der Waals surface area (Å²) in [6.07, 6.45) is 2.27. The van der Waals surface area contributed by atoms with E-state index in [-0.39, 0.29) is 11.7 Å². The van der Waals surface area contributed by atoms with Crippen LogP contribution in [0, 0.1) is 0 Å². The zero-order valence-corrected chi connectivity index (χ0v) is 11.3. The molecule has 1 N–H and O–H groups in total. The Morgan fingerprint density at radius 1 is 0.800 bits per heavy atom. The van der Waals surface area contributed by atoms with Crippen LogP contribution in [0.5, 0.6) is 5.75 Å². The molecule has 1 aliphatic rings. The lowest BCUT2D eigenvalue weighted by atomic mass is 9.75. The van der Waals surface area contributed by atoms with Gasteiger partial charge < -0.3 is 5.11 Å². The molecule has 1 fully saturated rings. The number of carbonyl (C=O) groups excluding carboxylic acids is 1. The highest BCUT2D eigenvalue weighted by atomic mass is 16.3. The third-order valence-corrected chi connectivity index (χ3v) is 4.15. The van der Waals surface area contributed by atoms with E-state index in [0.717, 1.165) is 12.0 Å². The molecule has 2 atom stereocenters. The Bertz CT molecular complexity index is 587. The highest BCUT2D eigenvalue weighted by molar-refractivity contribution is 5.81. The molecule has 0 aromatic heterocycles. The van der Waals surface area contributed by atoms with Crippen molar-refractivity contribution in [3.05, 3.63) is 65.7 Å². The number of hydrogen-bond donors (Lipinski definition) is 1. The van der Waals surface area contributed by atoms with Crippen molar-refractivity contribution in [3.63, 3.8) is 0 Å². The second kappa shape index (κ2) is 5.49. The van der Waals surface area contributed by atoms with Crippen molar-refractivity contribution in [2.24, 2.45) is 0 Å². The fraction of sp³-hybridized carbons (Fsp3) is 0.278. The molecule has 0 radical (unpaired) electrons. The van der Waals surface area contributed by atoms with E-state index in [1.807, 2.05) is 30.3 Å². The van der Waals surface area contributed by atoms with Gasteiger partial charge in [-0.25, -0.2) is 0 Å². The zero-order valence-electron chi connectivity index (χ0n) is 11.3. The van der Waals surface area contributed by atoms with E-state index in [0.29, 0.717) is 24.5 Å². The third kappa shape index (κ3) is 2.74. The summed E-state index contributed by atoms with van der Waals surface area (Å²) in [5.41, 5.74) is 2.40. The lowest BCUT2D eigenvalue weighted by molar-refractivity contribution is -0.121. The predicted octanol–water partition coefficient (Wildman–Crippen LogP) is 4.01. The highest BCUT2D eigenvalue weighted by Crippen LogP contribution is 2.39. The number of rotatable bonds is 2. The van der Waals surface area contributed by atoms with Crippen LogP contribution in [0.15, 0.2) is 54.6 Å². The summed E-state index contributed by atoms with van der Waals surface area (Å²) in [5, 5.41) is 9.37. The Morgan fingerprint density at radius 2 is 1.35 bits per heavy atom. The summed E-state index contributed by atoms with van der Waals surface area (Å²) >= 11 is 0. The Morgan fingerprint density at radius 3 is 1.95 bits per heavy atom. The largest absolute Gasteiger partial charge is 0.508 e. The lowest BCUT2D eigenvalue weighted by Gasteiger charge is -2.29. The average molecular weight is 266 g/mol. The zero-order chi connectivity index (χ0) is 13.9. The smallest absolute Gasteiger partial charge is 0.134 e. The molecule has 2 nitrogen and oxygen atoms in total. The van der Waals surface area contributed by atoms with Gasteiger partial charge in [-0.2, -0.15) is 0 Å². The summed E-state index contributed by atoms with van der Waals surface area (Å²) in [6, 6.07) is 17.5. The molecule has 0 saturated heterocycles. The summed E-state index contributed by atoms with van der Waals surface area (Å²) in [7, 11) is 0. The minimum Gasteiger partial charge on any atom is -0.508 e. The SMILES string of the molecule is O=C1C[C@@H](c2ccc(O)cc2)C[C@@H](c2ccccc2)C1. The van der Waals surface area contributed by atoms with Crippen LogP contribution < -0.4 is 0 Å². The third-order valence-electron chi connectivity index (χ3n) is 4.15. The van der Waals surface area contributed by atoms with Gasteiger partial charge in [-0.3, -0.25) is 4.79 Å². The first kappa shape index (κ1) is 12.9. The lowest BCUT2D eigenvalue weighted by Crippen LogP contribution is -2.20. The van der Waals surface area contributed by atoms with Gasteiger partial charge in [0.1, 0.15) is 11.5 Å². The molecule has 1 aliphatic carbocycles. The van der Waals surface area contributed by atoms with Gasteiger partial charge in [0.25, 0.3) is 0 Å². The molecule has 20 heavy (non-hydrogen) atoms. The highest BCUT2D eigenvalue weighted by Gasteiger charge is 2.29. The van der Waals surface area contributed by atoms with Crippen LogP contribution in [0.25, 0.3) is 0 Å². The minimum atomic E-state index is 0.266. The van der Waals surface area contributed by atoms with E-state index in [1.54, 1.807) is 12.1 Å². The molecule has 1 saturated carbocycles. The van der Waals surface area contributed by atoms with Crippen molar-refractivity contribution in [2.75, 3.05) is 0 Å². The van der Waals surface area contributed by atoms with E-state index < -0.39 is 0 Å². The second-order valence-corrected chi connectivity index (χ2v) is 5.58. The first-order valence-corrected chi connectivity index (χ1v) is 7.08. The Hall–Kier alpha value is -2.09. The van der Waals surface area contributed by atoms with Crippen molar-refractivity contribution in [3.8, 4) is 5.75 Å². The molecule has 3 rings (SSSR count). The van der Waals surface area contributed by atoms with Crippen LogP contribution in [0.1, 0.15) is 42.2 Å². The number of phenols is 1. The van der Waals surface area contributed by atoms with Gasteiger partial charge in [0.15, 0.2) is 0 Å². The quantitative estimate of drug-likeness (QED) is 0.891. The van der Waals surface area contributed by atoms with E-state index in [9.17, 15) is 9.90 Å². The first-order chi connectivity index (χ1) is 9.72. The molecular weight excluding hydrogens is 248 g/mol. The van der Waals surface area contributed by atoms with Crippen molar-refractivity contribution in [1.29, 1.82) is 0 Å². The number of carbonyl (C=O) groups is 1. The van der Waals surface area contributed by atoms with Gasteiger partial charge >= 0.3 is 0 Å². The number of ketones is 1. The van der Waals surface area contributed by atoms with Crippen LogP contribution in [-0.2, 0) is 4.79 Å². The normalized spacial score (nSPS) is 22.7. The molecule has 2 aromatic carbocycles. The molecule has 102 valence electrons. The molecule has 0 unspecified atom stereocenters. The molecule has 0 aliphatic heterocycles. The van der Waals surface area contributed by atoms with Gasteiger partial charge in [-0.15, -0.1) is 0 Å². The van der Waals surface area contributed by atoms with Gasteiger partial charge in [0.05, 0.1) is 0 Å². The number of aromatic hydroxyl groups is 1. The van der Waals surface area contributed by atoms with Crippen LogP contribution >= 0.6 is 0 Å². The van der Waals surface area contributed by atoms with Crippen LogP contribution in [0.4, 0.5) is 0 Å². The molecule has 0 spiro atoms. The van der Waals surface area contributed by atoms with Crippen molar-refractivity contribution in [1.82, 2.24) is 0 Å². The number of phenolic OH excluding ortho intramolecular Hbond substituents is 1. The van der Waals surface area contributed by atoms with Gasteiger partial charge in [-0.05, 0) is 41.5 Å². The number of benzene rings is 2. The number of hydrogen-bond acceptors (Lipinski definition) is 2. The molecular formula is C18H18O2. The van der Waals surface area contributed by atoms with Crippen LogP contribution in [0.3, 0.4) is 0 Å². The Balaban J connectivity index is 1.83. The Labute approximate surface area is 119 Å². The predicted molar refractivity (Wildman–Crippen MR) is 78.9 cm³/mol. The summed E-state index contributed by atoms with van der Waals surface area (Å²) < 4.78 is 0. The maximum Gasteiger partial charge on any atom is 0.134 e. The van der Waals surface area contributed by atoms with Crippen molar-refractivity contribution >= 4 is 5.78 Å². The molecule has 0 bridgehead atoms. The maximum absolute atomic E-state index is 12.0. The molecule has 0 amide bonds. The summed E-state index contributed by atoms with van der Waals surface area (Å²) in [5.74, 6) is 1.19. The van der Waals surface area contributed by atoms with E-state index in [4.69, 9.17) is 0 Å². The van der Waals surface area contributed by atoms with E-state index in [2.05, 4.69) is 12.1 Å². The fourth-order valence-corrected chi connectivity index (χ4v) is 3.12. The van der Waals surface area contributed by atoms with Crippen LogP contribution in [-0.4, -0.2) is 10.9 Å². The number of Topliss-reactive ketones (excluding diaryl/α,β-unsaturated/α-hetero) is 1. The monoisotopic (exact) mass is 266 g/mol. The molecule has 2 heteroatoms. The van der Waals surface area contributed by atoms with Crippen LogP contribution in [0.2, 0.25) is 0 Å². The minimum absolute atomic E-state index is 0.266. The average Bonchev–Trinajstić information content (AvgIpc) is 2.48. The van der Waals surface area contributed by atoms with Gasteiger partial charge in [0.2, 0.25) is 0 Å². The summed E-state index contributed by atoms with van der Waals surface area (Å²) in [4.78, 5) is 12.0. The Kier molecular flexibility index (Phi) is 3.55. The van der Waals surface area contributed by atoms with E-state index in [1.165, 1.54) is 5.56 Å². The van der Waals surface area contributed by atoms with Crippen molar-refractivity contribution in [2.45, 2.75) is 31.1 Å². The first-order valence-electron chi connectivity index (χ1n) is 7.08. The molecule has 2 aromatic rings. The second-order valence-electron chi connectivity index (χ2n) is 5.58. The van der Waals surface area contributed by atoms with Gasteiger partial charge in [-0.1, -0.05) is 42.5 Å².